The van der Waals surface area contributed by atoms with E-state index in [4.69, 9.17) is 0 Å². The third-order valence-electron chi connectivity index (χ3n) is 4.39. The van der Waals surface area contributed by atoms with Crippen LogP contribution >= 0.6 is 0 Å². The van der Waals surface area contributed by atoms with E-state index in [1.807, 2.05) is 0 Å². The number of amides is 1. The van der Waals surface area contributed by atoms with Crippen LogP contribution in [0.3, 0.4) is 0 Å². The second kappa shape index (κ2) is 5.85. The molecule has 0 aromatic heterocycles. The van der Waals surface area contributed by atoms with E-state index in [0.29, 0.717) is 17.9 Å². The second-order valence-electron chi connectivity index (χ2n) is 5.99. The van der Waals surface area contributed by atoms with Crippen LogP contribution in [-0.4, -0.2) is 43.0 Å². The summed E-state index contributed by atoms with van der Waals surface area (Å²) in [6, 6.07) is 0.659. The highest BCUT2D eigenvalue weighted by molar-refractivity contribution is 5.79. The minimum Gasteiger partial charge on any atom is -0.342 e. The van der Waals surface area contributed by atoms with Crippen LogP contribution in [0.5, 0.6) is 0 Å². The van der Waals surface area contributed by atoms with Crippen molar-refractivity contribution in [1.82, 2.24) is 4.90 Å². The molecule has 2 rings (SSSR count). The average Bonchev–Trinajstić information content (AvgIpc) is 2.39. The monoisotopic (exact) mass is 239 g/mol. The van der Waals surface area contributed by atoms with Gasteiger partial charge in [-0.1, -0.05) is 0 Å². The van der Waals surface area contributed by atoms with Gasteiger partial charge in [0.1, 0.15) is 0 Å². The number of quaternary nitrogens is 1. The summed E-state index contributed by atoms with van der Waals surface area (Å²) in [7, 11) is 0. The molecule has 17 heavy (non-hydrogen) atoms. The Balaban J connectivity index is 1.89. The normalized spacial score (nSPS) is 30.6. The lowest BCUT2D eigenvalue weighted by molar-refractivity contribution is -0.928. The topological polar surface area (TPSA) is 24.8 Å². The molecule has 0 radical (unpaired) electrons. The molecule has 2 heterocycles. The molecule has 0 saturated carbocycles. The Kier molecular flexibility index (Phi) is 4.43. The van der Waals surface area contributed by atoms with Gasteiger partial charge in [0.2, 0.25) is 5.91 Å². The van der Waals surface area contributed by atoms with E-state index in [-0.39, 0.29) is 0 Å². The van der Waals surface area contributed by atoms with E-state index in [1.54, 1.807) is 4.90 Å². The number of carbonyl (C=O) groups excluding carboxylic acids is 1. The van der Waals surface area contributed by atoms with Gasteiger partial charge in [0.25, 0.3) is 0 Å². The van der Waals surface area contributed by atoms with Gasteiger partial charge in [-0.25, -0.2) is 0 Å². The summed E-state index contributed by atoms with van der Waals surface area (Å²) in [4.78, 5) is 16.2. The van der Waals surface area contributed by atoms with Crippen LogP contribution in [0.25, 0.3) is 0 Å². The predicted octanol–water partition coefficient (Wildman–Crippen LogP) is 0.702. The molecule has 0 aromatic rings. The fraction of sp³-hybridized carbons (Fsp3) is 0.929. The molecule has 1 N–H and O–H groups in total. The quantitative estimate of drug-likeness (QED) is 0.754. The van der Waals surface area contributed by atoms with Crippen LogP contribution < -0.4 is 4.90 Å². The van der Waals surface area contributed by atoms with E-state index in [9.17, 15) is 4.79 Å². The van der Waals surface area contributed by atoms with Crippen LogP contribution in [0.1, 0.15) is 46.0 Å². The molecule has 3 heteroatoms. The maximum absolute atomic E-state index is 12.4. The number of nitrogens with one attached hydrogen (secondary N) is 1. The number of rotatable bonds is 2. The third-order valence-corrected chi connectivity index (χ3v) is 4.39. The van der Waals surface area contributed by atoms with Gasteiger partial charge < -0.3 is 9.80 Å². The lowest BCUT2D eigenvalue weighted by Crippen LogP contribution is -3.16. The van der Waals surface area contributed by atoms with Crippen LogP contribution in [0.15, 0.2) is 0 Å². The molecule has 2 atom stereocenters. The minimum atomic E-state index is 0.305. The molecule has 0 bridgehead atoms. The molecule has 2 saturated heterocycles. The van der Waals surface area contributed by atoms with Crippen LogP contribution in [0, 0.1) is 5.92 Å². The number of hydrogen-bond acceptors (Lipinski definition) is 1. The van der Waals surface area contributed by atoms with Crippen molar-refractivity contribution in [2.75, 3.05) is 26.2 Å². The Morgan fingerprint density at radius 1 is 1.18 bits per heavy atom. The van der Waals surface area contributed by atoms with Gasteiger partial charge in [-0.05, 0) is 46.0 Å². The number of likely N-dealkylation sites (tertiary alicyclic amines) is 2. The second-order valence-corrected chi connectivity index (χ2v) is 5.99. The molecule has 0 aromatic carbocycles. The predicted molar refractivity (Wildman–Crippen MR) is 69.0 cm³/mol. The van der Waals surface area contributed by atoms with Crippen molar-refractivity contribution in [3.63, 3.8) is 0 Å². The largest absolute Gasteiger partial charge is 0.342 e. The van der Waals surface area contributed by atoms with Crippen LogP contribution in [-0.2, 0) is 4.79 Å². The standard InChI is InChI=1S/C14H26N2O/c1-12(2)16-10-6-7-13(11-16)14(17)15-8-4-3-5-9-15/h12-13H,3-11H2,1-2H3/p+1/t13-/m0/s1. The fourth-order valence-corrected chi connectivity index (χ4v) is 3.20. The van der Waals surface area contributed by atoms with Gasteiger partial charge >= 0.3 is 0 Å². The van der Waals surface area contributed by atoms with Gasteiger partial charge in [0.05, 0.1) is 25.0 Å². The molecule has 2 aliphatic heterocycles. The summed E-state index contributed by atoms with van der Waals surface area (Å²) >= 11 is 0. The SMILES string of the molecule is CC(C)[NH+]1CCC[C@H](C(=O)N2CCCCC2)C1. The van der Waals surface area contributed by atoms with Gasteiger partial charge in [0, 0.05) is 13.1 Å². The maximum Gasteiger partial charge on any atom is 0.231 e. The summed E-state index contributed by atoms with van der Waals surface area (Å²) in [5.41, 5.74) is 0. The van der Waals surface area contributed by atoms with Crippen molar-refractivity contribution in [2.24, 2.45) is 5.92 Å². The summed E-state index contributed by atoms with van der Waals surface area (Å²) in [5, 5.41) is 0. The zero-order valence-corrected chi connectivity index (χ0v) is 11.4. The van der Waals surface area contributed by atoms with Crippen molar-refractivity contribution in [3.05, 3.63) is 0 Å². The third kappa shape index (κ3) is 3.21. The van der Waals surface area contributed by atoms with Crippen molar-refractivity contribution >= 4 is 5.91 Å². The number of carbonyl (C=O) groups is 1. The fourth-order valence-electron chi connectivity index (χ4n) is 3.20. The van der Waals surface area contributed by atoms with Gasteiger partial charge in [-0.2, -0.15) is 0 Å². The highest BCUT2D eigenvalue weighted by Gasteiger charge is 2.32. The molecule has 0 spiro atoms. The van der Waals surface area contributed by atoms with Crippen molar-refractivity contribution in [1.29, 1.82) is 0 Å². The van der Waals surface area contributed by atoms with Gasteiger partial charge in [0.15, 0.2) is 0 Å². The molecular formula is C14H27N2O+. The van der Waals surface area contributed by atoms with E-state index in [1.165, 1.54) is 32.2 Å². The van der Waals surface area contributed by atoms with Gasteiger partial charge in [-0.15, -0.1) is 0 Å². The first-order valence-corrected chi connectivity index (χ1v) is 7.32. The first kappa shape index (κ1) is 12.9. The lowest BCUT2D eigenvalue weighted by Gasteiger charge is -2.35. The molecule has 1 amide bonds. The van der Waals surface area contributed by atoms with E-state index >= 15 is 0 Å². The lowest BCUT2D eigenvalue weighted by atomic mass is 9.94. The molecule has 2 aliphatic rings. The Morgan fingerprint density at radius 3 is 2.53 bits per heavy atom. The Morgan fingerprint density at radius 2 is 1.88 bits per heavy atom. The van der Waals surface area contributed by atoms with E-state index in [2.05, 4.69) is 18.7 Å². The van der Waals surface area contributed by atoms with Crippen molar-refractivity contribution < 1.29 is 9.69 Å². The molecule has 2 fully saturated rings. The Bertz CT molecular complexity index is 259. The number of piperidine rings is 2. The zero-order valence-electron chi connectivity index (χ0n) is 11.4. The highest BCUT2D eigenvalue weighted by Crippen LogP contribution is 2.16. The van der Waals surface area contributed by atoms with Crippen LogP contribution in [0.2, 0.25) is 0 Å². The first-order valence-electron chi connectivity index (χ1n) is 7.32. The highest BCUT2D eigenvalue weighted by atomic mass is 16.2. The van der Waals surface area contributed by atoms with Gasteiger partial charge in [-0.3, -0.25) is 4.79 Å². The molecular weight excluding hydrogens is 212 g/mol. The molecule has 0 aliphatic carbocycles. The minimum absolute atomic E-state index is 0.305. The van der Waals surface area contributed by atoms with Crippen LogP contribution in [0.4, 0.5) is 0 Å². The summed E-state index contributed by atoms with van der Waals surface area (Å²) in [6.07, 6.45) is 6.06. The Labute approximate surface area is 105 Å². The van der Waals surface area contributed by atoms with E-state index < -0.39 is 0 Å². The average molecular weight is 239 g/mol. The number of nitrogens with zero attached hydrogens (tertiary/aromatic N) is 1. The zero-order chi connectivity index (χ0) is 12.3. The van der Waals surface area contributed by atoms with E-state index in [0.717, 1.165) is 26.1 Å². The maximum atomic E-state index is 12.4. The summed E-state index contributed by atoms with van der Waals surface area (Å²) in [6.45, 7) is 8.86. The summed E-state index contributed by atoms with van der Waals surface area (Å²) < 4.78 is 0. The Hall–Kier alpha value is -0.570. The molecule has 98 valence electrons. The van der Waals surface area contributed by atoms with Crippen molar-refractivity contribution in [3.8, 4) is 0 Å². The summed E-state index contributed by atoms with van der Waals surface area (Å²) in [5.74, 6) is 0.752. The van der Waals surface area contributed by atoms with Crippen molar-refractivity contribution in [2.45, 2.75) is 52.0 Å². The molecule has 3 nitrogen and oxygen atoms in total. The molecule has 1 unspecified atom stereocenters. The first-order chi connectivity index (χ1) is 8.18. The number of hydrogen-bond donors (Lipinski definition) is 1. The smallest absolute Gasteiger partial charge is 0.231 e.